The van der Waals surface area contributed by atoms with Crippen LogP contribution in [0.15, 0.2) is 29.1 Å². The minimum Gasteiger partial charge on any atom is -0.397 e. The van der Waals surface area contributed by atoms with Gasteiger partial charge in [-0.25, -0.2) is 0 Å². The fraction of sp³-hybridized carbons (Fsp3) is 0.400. The van der Waals surface area contributed by atoms with Crippen molar-refractivity contribution >= 4 is 22.9 Å². The molecule has 5 heteroatoms. The van der Waals surface area contributed by atoms with E-state index in [1.54, 1.807) is 17.4 Å². The second kappa shape index (κ2) is 6.61. The molecule has 0 fully saturated rings. The number of hydrogen-bond acceptors (Lipinski definition) is 3. The quantitative estimate of drug-likeness (QED) is 0.859. The van der Waals surface area contributed by atoms with Crippen molar-refractivity contribution in [3.8, 4) is 0 Å². The maximum atomic E-state index is 12.3. The zero-order valence-corrected chi connectivity index (χ0v) is 12.7. The molecule has 0 aliphatic rings. The molecule has 2 aromatic heterocycles. The summed E-state index contributed by atoms with van der Waals surface area (Å²) in [6, 6.07) is 3.93. The Morgan fingerprint density at radius 2 is 2.35 bits per heavy atom. The third-order valence-electron chi connectivity index (χ3n) is 3.11. The highest BCUT2D eigenvalue weighted by atomic mass is 32.1. The van der Waals surface area contributed by atoms with Gasteiger partial charge in [-0.2, -0.15) is 11.3 Å². The van der Waals surface area contributed by atoms with Crippen LogP contribution in [0.2, 0.25) is 0 Å². The summed E-state index contributed by atoms with van der Waals surface area (Å²) in [7, 11) is 0. The van der Waals surface area contributed by atoms with Gasteiger partial charge in [0.2, 0.25) is 0 Å². The molecular weight excluding hydrogens is 270 g/mol. The van der Waals surface area contributed by atoms with Crippen LogP contribution in [0.5, 0.6) is 0 Å². The summed E-state index contributed by atoms with van der Waals surface area (Å²) < 4.78 is 1.92. The van der Waals surface area contributed by atoms with Crippen molar-refractivity contribution in [3.05, 3.63) is 40.3 Å². The molecule has 3 N–H and O–H groups in total. The molecule has 0 radical (unpaired) electrons. The highest BCUT2D eigenvalue weighted by Crippen LogP contribution is 2.13. The van der Waals surface area contributed by atoms with Gasteiger partial charge in [-0.05, 0) is 48.2 Å². The number of aromatic nitrogens is 1. The first-order valence-electron chi connectivity index (χ1n) is 6.87. The fourth-order valence-electron chi connectivity index (χ4n) is 2.26. The van der Waals surface area contributed by atoms with Gasteiger partial charge in [0.25, 0.3) is 5.91 Å². The van der Waals surface area contributed by atoms with Crippen molar-refractivity contribution in [2.75, 3.05) is 5.73 Å². The van der Waals surface area contributed by atoms with Crippen LogP contribution in [0.4, 0.5) is 5.69 Å². The molecule has 0 aromatic carbocycles. The third kappa shape index (κ3) is 3.63. The van der Waals surface area contributed by atoms with Crippen molar-refractivity contribution in [1.29, 1.82) is 0 Å². The van der Waals surface area contributed by atoms with Crippen LogP contribution < -0.4 is 11.1 Å². The second-order valence-electron chi connectivity index (χ2n) is 5.06. The minimum absolute atomic E-state index is 0.0575. The molecule has 1 unspecified atom stereocenters. The van der Waals surface area contributed by atoms with E-state index in [0.717, 1.165) is 19.4 Å². The number of amides is 1. The fourth-order valence-corrected chi connectivity index (χ4v) is 2.94. The Morgan fingerprint density at radius 1 is 1.55 bits per heavy atom. The zero-order chi connectivity index (χ0) is 14.5. The monoisotopic (exact) mass is 291 g/mol. The Bertz CT molecular complexity index is 560. The predicted molar refractivity (Wildman–Crippen MR) is 84.1 cm³/mol. The molecule has 0 spiro atoms. The van der Waals surface area contributed by atoms with E-state index < -0.39 is 0 Å². The zero-order valence-electron chi connectivity index (χ0n) is 11.9. The van der Waals surface area contributed by atoms with E-state index in [1.807, 2.05) is 17.7 Å². The Labute approximate surface area is 123 Å². The minimum atomic E-state index is -0.0575. The Kier molecular flexibility index (Phi) is 4.84. The summed E-state index contributed by atoms with van der Waals surface area (Å²) in [5, 5.41) is 7.20. The average molecular weight is 291 g/mol. The molecule has 1 amide bonds. The second-order valence-corrected chi connectivity index (χ2v) is 5.84. The lowest BCUT2D eigenvalue weighted by molar-refractivity contribution is 0.0930. The Hall–Kier alpha value is -1.75. The van der Waals surface area contributed by atoms with E-state index in [-0.39, 0.29) is 11.9 Å². The molecular formula is C15H21N3OS. The predicted octanol–water partition coefficient (Wildman–Crippen LogP) is 2.90. The van der Waals surface area contributed by atoms with E-state index in [9.17, 15) is 4.79 Å². The number of rotatable bonds is 6. The number of hydrogen-bond donors (Lipinski definition) is 2. The lowest BCUT2D eigenvalue weighted by Gasteiger charge is -2.14. The van der Waals surface area contributed by atoms with E-state index >= 15 is 0 Å². The smallest absolute Gasteiger partial charge is 0.268 e. The number of nitrogen functional groups attached to an aromatic ring is 1. The van der Waals surface area contributed by atoms with Crippen molar-refractivity contribution in [3.63, 3.8) is 0 Å². The average Bonchev–Trinajstić information content (AvgIpc) is 2.99. The van der Waals surface area contributed by atoms with Gasteiger partial charge in [-0.15, -0.1) is 0 Å². The van der Waals surface area contributed by atoms with Crippen LogP contribution in [0, 0.1) is 0 Å². The maximum Gasteiger partial charge on any atom is 0.268 e. The molecule has 0 aliphatic heterocycles. The topological polar surface area (TPSA) is 60.0 Å². The first-order valence-corrected chi connectivity index (χ1v) is 7.82. The van der Waals surface area contributed by atoms with E-state index in [1.165, 1.54) is 5.56 Å². The normalized spacial score (nSPS) is 12.3. The molecule has 2 rings (SSSR count). The van der Waals surface area contributed by atoms with Crippen LogP contribution in [-0.2, 0) is 13.0 Å². The number of carbonyl (C=O) groups is 1. The van der Waals surface area contributed by atoms with Gasteiger partial charge in [0.05, 0.1) is 5.69 Å². The molecule has 1 atom stereocenters. The number of aryl methyl sites for hydroxylation is 1. The largest absolute Gasteiger partial charge is 0.397 e. The molecule has 108 valence electrons. The number of nitrogens with two attached hydrogens (primary N) is 1. The first kappa shape index (κ1) is 14.7. The molecule has 0 bridgehead atoms. The molecule has 2 aromatic rings. The number of anilines is 1. The van der Waals surface area contributed by atoms with E-state index in [0.29, 0.717) is 11.4 Å². The summed E-state index contributed by atoms with van der Waals surface area (Å²) in [4.78, 5) is 12.3. The Morgan fingerprint density at radius 3 is 3.00 bits per heavy atom. The molecule has 0 saturated carbocycles. The van der Waals surface area contributed by atoms with Crippen LogP contribution in [0.25, 0.3) is 0 Å². The first-order chi connectivity index (χ1) is 9.60. The maximum absolute atomic E-state index is 12.3. The summed E-state index contributed by atoms with van der Waals surface area (Å²) in [6.07, 6.45) is 3.64. The molecule has 4 nitrogen and oxygen atoms in total. The van der Waals surface area contributed by atoms with Gasteiger partial charge in [-0.1, -0.05) is 6.92 Å². The molecule has 0 saturated heterocycles. The van der Waals surface area contributed by atoms with Gasteiger partial charge < -0.3 is 15.6 Å². The van der Waals surface area contributed by atoms with Gasteiger partial charge in [0, 0.05) is 18.8 Å². The summed E-state index contributed by atoms with van der Waals surface area (Å²) >= 11 is 1.68. The SMILES string of the molecule is CCCn1cc(N)cc1C(=O)NC(C)Cc1ccsc1. The summed E-state index contributed by atoms with van der Waals surface area (Å²) in [6.45, 7) is 4.90. The van der Waals surface area contributed by atoms with Gasteiger partial charge >= 0.3 is 0 Å². The van der Waals surface area contributed by atoms with Crippen LogP contribution in [-0.4, -0.2) is 16.5 Å². The Balaban J connectivity index is 2.00. The number of carbonyl (C=O) groups excluding carboxylic acids is 1. The summed E-state index contributed by atoms with van der Waals surface area (Å²) in [5.41, 5.74) is 8.32. The van der Waals surface area contributed by atoms with Crippen LogP contribution >= 0.6 is 11.3 Å². The highest BCUT2D eigenvalue weighted by Gasteiger charge is 2.15. The van der Waals surface area contributed by atoms with E-state index in [4.69, 9.17) is 5.73 Å². The molecule has 2 heterocycles. The third-order valence-corrected chi connectivity index (χ3v) is 3.85. The van der Waals surface area contributed by atoms with Crippen molar-refractivity contribution < 1.29 is 4.79 Å². The lowest BCUT2D eigenvalue weighted by atomic mass is 10.1. The lowest BCUT2D eigenvalue weighted by Crippen LogP contribution is -2.35. The van der Waals surface area contributed by atoms with Gasteiger partial charge in [0.15, 0.2) is 0 Å². The molecule has 20 heavy (non-hydrogen) atoms. The number of nitrogens with zero attached hydrogens (tertiary/aromatic N) is 1. The van der Waals surface area contributed by atoms with Crippen molar-refractivity contribution in [2.24, 2.45) is 0 Å². The van der Waals surface area contributed by atoms with Crippen LogP contribution in [0.3, 0.4) is 0 Å². The number of nitrogens with one attached hydrogen (secondary N) is 1. The van der Waals surface area contributed by atoms with Crippen molar-refractivity contribution in [1.82, 2.24) is 9.88 Å². The van der Waals surface area contributed by atoms with Gasteiger partial charge in [0.1, 0.15) is 5.69 Å². The molecule has 0 aliphatic carbocycles. The standard InChI is InChI=1S/C15H21N3OS/c1-3-5-18-9-13(16)8-14(18)15(19)17-11(2)7-12-4-6-20-10-12/h4,6,8-11H,3,5,7,16H2,1-2H3,(H,17,19). The van der Waals surface area contributed by atoms with Crippen molar-refractivity contribution in [2.45, 2.75) is 39.3 Å². The van der Waals surface area contributed by atoms with Gasteiger partial charge in [-0.3, -0.25) is 4.79 Å². The summed E-state index contributed by atoms with van der Waals surface area (Å²) in [5.74, 6) is -0.0575. The number of thiophene rings is 1. The van der Waals surface area contributed by atoms with Crippen LogP contribution in [0.1, 0.15) is 36.3 Å². The van der Waals surface area contributed by atoms with E-state index in [2.05, 4.69) is 29.1 Å². The highest BCUT2D eigenvalue weighted by molar-refractivity contribution is 7.07.